The number of ether oxygens (including phenoxy) is 1. The number of rotatable bonds is 5. The van der Waals surface area contributed by atoms with Crippen LogP contribution in [0.3, 0.4) is 0 Å². The number of carbonyl (C=O) groups is 1. The second-order valence-electron chi connectivity index (χ2n) is 2.61. The highest BCUT2D eigenvalue weighted by Crippen LogP contribution is 2.03. The molecule has 4 N–H and O–H groups in total. The molecule has 0 bridgehead atoms. The third kappa shape index (κ3) is 4.12. The van der Waals surface area contributed by atoms with Crippen molar-refractivity contribution in [1.82, 2.24) is 9.97 Å². The van der Waals surface area contributed by atoms with Crippen molar-refractivity contribution in [2.45, 2.75) is 0 Å². The molecule has 1 amide bonds. The maximum Gasteiger partial charge on any atom is 0.404 e. The standard InChI is InChI=1S/C8H13N5O2/c1-10-8-12-3-2-6(13-8)11-4-5-15-7(9)14/h2-3H,4-5H2,1H3,(H2,9,14)(H2,10,11,12,13). The summed E-state index contributed by atoms with van der Waals surface area (Å²) in [6.07, 6.45) is 0.839. The van der Waals surface area contributed by atoms with Crippen molar-refractivity contribution in [2.24, 2.45) is 5.73 Å². The van der Waals surface area contributed by atoms with E-state index in [-0.39, 0.29) is 6.61 Å². The second-order valence-corrected chi connectivity index (χ2v) is 2.61. The van der Waals surface area contributed by atoms with Crippen molar-refractivity contribution in [1.29, 1.82) is 0 Å². The molecule has 0 unspecified atom stereocenters. The first kappa shape index (κ1) is 11.0. The first-order valence-electron chi connectivity index (χ1n) is 4.39. The Morgan fingerprint density at radius 3 is 3.13 bits per heavy atom. The molecule has 0 spiro atoms. The van der Waals surface area contributed by atoms with Gasteiger partial charge in [-0.15, -0.1) is 0 Å². The van der Waals surface area contributed by atoms with Crippen molar-refractivity contribution in [2.75, 3.05) is 30.8 Å². The third-order valence-corrected chi connectivity index (χ3v) is 1.53. The summed E-state index contributed by atoms with van der Waals surface area (Å²) < 4.78 is 4.54. The van der Waals surface area contributed by atoms with Gasteiger partial charge in [0.15, 0.2) is 0 Å². The smallest absolute Gasteiger partial charge is 0.404 e. The number of amides is 1. The number of carbonyl (C=O) groups excluding carboxylic acids is 1. The lowest BCUT2D eigenvalue weighted by Gasteiger charge is -2.06. The SMILES string of the molecule is CNc1nccc(NCCOC(N)=O)n1. The van der Waals surface area contributed by atoms with Crippen LogP contribution in [0.5, 0.6) is 0 Å². The van der Waals surface area contributed by atoms with Gasteiger partial charge < -0.3 is 21.1 Å². The van der Waals surface area contributed by atoms with Gasteiger partial charge in [0.2, 0.25) is 5.95 Å². The molecule has 0 aliphatic heterocycles. The lowest BCUT2D eigenvalue weighted by molar-refractivity contribution is 0.161. The highest BCUT2D eigenvalue weighted by molar-refractivity contribution is 5.64. The normalized spacial score (nSPS) is 9.40. The van der Waals surface area contributed by atoms with Crippen molar-refractivity contribution >= 4 is 17.9 Å². The summed E-state index contributed by atoms with van der Waals surface area (Å²) >= 11 is 0. The minimum atomic E-state index is -0.782. The highest BCUT2D eigenvalue weighted by Gasteiger charge is 1.97. The molecule has 1 heterocycles. The summed E-state index contributed by atoms with van der Waals surface area (Å²) in [5.41, 5.74) is 4.79. The quantitative estimate of drug-likeness (QED) is 0.593. The first-order valence-corrected chi connectivity index (χ1v) is 4.39. The van der Waals surface area contributed by atoms with E-state index in [9.17, 15) is 4.79 Å². The van der Waals surface area contributed by atoms with E-state index in [2.05, 4.69) is 25.3 Å². The number of nitrogens with two attached hydrogens (primary N) is 1. The fourth-order valence-electron chi connectivity index (χ4n) is 0.908. The van der Waals surface area contributed by atoms with Gasteiger partial charge in [0.05, 0.1) is 6.54 Å². The number of nitrogens with one attached hydrogen (secondary N) is 2. The van der Waals surface area contributed by atoms with Gasteiger partial charge in [-0.25, -0.2) is 9.78 Å². The zero-order valence-electron chi connectivity index (χ0n) is 8.36. The van der Waals surface area contributed by atoms with E-state index in [0.717, 1.165) is 0 Å². The van der Waals surface area contributed by atoms with Gasteiger partial charge in [0, 0.05) is 13.2 Å². The molecule has 7 heteroatoms. The Hall–Kier alpha value is -2.05. The zero-order chi connectivity index (χ0) is 11.1. The largest absolute Gasteiger partial charge is 0.448 e. The zero-order valence-corrected chi connectivity index (χ0v) is 8.36. The van der Waals surface area contributed by atoms with E-state index in [1.165, 1.54) is 0 Å². The Labute approximate surface area is 87.0 Å². The molecule has 1 rings (SSSR count). The van der Waals surface area contributed by atoms with Gasteiger partial charge in [0.25, 0.3) is 0 Å². The predicted octanol–water partition coefficient (Wildman–Crippen LogP) is 0.0255. The minimum absolute atomic E-state index is 0.203. The van der Waals surface area contributed by atoms with Gasteiger partial charge in [-0.2, -0.15) is 4.98 Å². The van der Waals surface area contributed by atoms with Crippen LogP contribution < -0.4 is 16.4 Å². The molecular formula is C8H13N5O2. The molecule has 0 saturated carbocycles. The van der Waals surface area contributed by atoms with E-state index in [4.69, 9.17) is 5.73 Å². The molecule has 1 aromatic heterocycles. The van der Waals surface area contributed by atoms with Crippen LogP contribution in [0.1, 0.15) is 0 Å². The monoisotopic (exact) mass is 211 g/mol. The first-order chi connectivity index (χ1) is 7.22. The van der Waals surface area contributed by atoms with Crippen LogP contribution in [0.25, 0.3) is 0 Å². The average molecular weight is 211 g/mol. The summed E-state index contributed by atoms with van der Waals surface area (Å²) in [7, 11) is 1.73. The molecular weight excluding hydrogens is 198 g/mol. The molecule has 0 radical (unpaired) electrons. The van der Waals surface area contributed by atoms with Crippen LogP contribution in [-0.2, 0) is 4.74 Å². The van der Waals surface area contributed by atoms with Gasteiger partial charge >= 0.3 is 6.09 Å². The minimum Gasteiger partial charge on any atom is -0.448 e. The molecule has 0 fully saturated rings. The Kier molecular flexibility index (Phi) is 4.14. The highest BCUT2D eigenvalue weighted by atomic mass is 16.5. The van der Waals surface area contributed by atoms with Gasteiger partial charge in [-0.05, 0) is 6.07 Å². The van der Waals surface area contributed by atoms with E-state index in [0.29, 0.717) is 18.3 Å². The molecule has 0 aromatic carbocycles. The van der Waals surface area contributed by atoms with Crippen molar-refractivity contribution in [3.63, 3.8) is 0 Å². The lowest BCUT2D eigenvalue weighted by Crippen LogP contribution is -2.18. The number of aromatic nitrogens is 2. The summed E-state index contributed by atoms with van der Waals surface area (Å²) in [6, 6.07) is 1.71. The van der Waals surface area contributed by atoms with Crippen LogP contribution in [0, 0.1) is 0 Å². The fourth-order valence-corrected chi connectivity index (χ4v) is 0.908. The Bertz CT molecular complexity index is 331. The van der Waals surface area contributed by atoms with Crippen LogP contribution in [0.2, 0.25) is 0 Å². The molecule has 0 aliphatic carbocycles. The number of nitrogens with zero attached hydrogens (tertiary/aromatic N) is 2. The molecule has 0 atom stereocenters. The lowest BCUT2D eigenvalue weighted by atomic mass is 10.5. The molecule has 1 aromatic rings. The third-order valence-electron chi connectivity index (χ3n) is 1.53. The van der Waals surface area contributed by atoms with Crippen LogP contribution in [0.4, 0.5) is 16.6 Å². The van der Waals surface area contributed by atoms with Crippen molar-refractivity contribution in [3.05, 3.63) is 12.3 Å². The molecule has 15 heavy (non-hydrogen) atoms. The van der Waals surface area contributed by atoms with Gasteiger partial charge in [-0.1, -0.05) is 0 Å². The summed E-state index contributed by atoms with van der Waals surface area (Å²) in [5, 5.41) is 5.76. The maximum absolute atomic E-state index is 10.2. The number of anilines is 2. The topological polar surface area (TPSA) is 102 Å². The molecule has 82 valence electrons. The molecule has 0 aliphatic rings. The van der Waals surface area contributed by atoms with Crippen LogP contribution >= 0.6 is 0 Å². The Balaban J connectivity index is 2.33. The Morgan fingerprint density at radius 1 is 1.67 bits per heavy atom. The summed E-state index contributed by atoms with van der Waals surface area (Å²) in [5.74, 6) is 1.18. The van der Waals surface area contributed by atoms with E-state index < -0.39 is 6.09 Å². The number of hydrogen-bond acceptors (Lipinski definition) is 6. The number of hydrogen-bond donors (Lipinski definition) is 3. The van der Waals surface area contributed by atoms with Gasteiger partial charge in [0.1, 0.15) is 12.4 Å². The molecule has 7 nitrogen and oxygen atoms in total. The van der Waals surface area contributed by atoms with Gasteiger partial charge in [-0.3, -0.25) is 0 Å². The predicted molar refractivity (Wildman–Crippen MR) is 55.6 cm³/mol. The van der Waals surface area contributed by atoms with E-state index in [1.54, 1.807) is 19.3 Å². The van der Waals surface area contributed by atoms with Crippen LogP contribution in [0.15, 0.2) is 12.3 Å². The fraction of sp³-hybridized carbons (Fsp3) is 0.375. The molecule has 0 saturated heterocycles. The average Bonchev–Trinajstić information content (AvgIpc) is 2.24. The number of primary amides is 1. The van der Waals surface area contributed by atoms with E-state index in [1.807, 2.05) is 0 Å². The Morgan fingerprint density at radius 2 is 2.47 bits per heavy atom. The second kappa shape index (κ2) is 5.63. The van der Waals surface area contributed by atoms with E-state index >= 15 is 0 Å². The maximum atomic E-state index is 10.2. The van der Waals surface area contributed by atoms with Crippen LogP contribution in [-0.4, -0.2) is 36.3 Å². The summed E-state index contributed by atoms with van der Waals surface area (Å²) in [6.45, 7) is 0.650. The van der Waals surface area contributed by atoms with Crippen molar-refractivity contribution in [3.8, 4) is 0 Å². The van der Waals surface area contributed by atoms with Crippen molar-refractivity contribution < 1.29 is 9.53 Å². The summed E-state index contributed by atoms with van der Waals surface area (Å²) in [4.78, 5) is 18.3.